The average molecular weight is 868 g/mol. The third-order valence-electron chi connectivity index (χ3n) is 11.8. The number of rotatable bonds is 48. The van der Waals surface area contributed by atoms with Gasteiger partial charge >= 0.3 is 5.97 Å². The van der Waals surface area contributed by atoms with Crippen molar-refractivity contribution in [1.29, 1.82) is 0 Å². The number of allylic oxidation sites excluding steroid dienone is 9. The Kier molecular flexibility index (Phi) is 49.2. The zero-order chi connectivity index (χ0) is 45.1. The van der Waals surface area contributed by atoms with E-state index in [2.05, 4.69) is 61.7 Å². The fraction of sp³-hybridized carbons (Fsp3) is 0.786. The average Bonchev–Trinajstić information content (AvgIpc) is 3.27. The maximum absolute atomic E-state index is 12.4. The second-order valence-corrected chi connectivity index (χ2v) is 17.8. The van der Waals surface area contributed by atoms with Crippen LogP contribution in [0.3, 0.4) is 0 Å². The lowest BCUT2D eigenvalue weighted by molar-refractivity contribution is -0.143. The lowest BCUT2D eigenvalue weighted by atomic mass is 10.0. The molecule has 0 bridgehead atoms. The van der Waals surface area contributed by atoms with Crippen LogP contribution < -0.4 is 5.32 Å². The third kappa shape index (κ3) is 47.0. The number of aliphatic hydroxyl groups excluding tert-OH is 2. The van der Waals surface area contributed by atoms with Crippen molar-refractivity contribution in [2.45, 2.75) is 270 Å². The van der Waals surface area contributed by atoms with Crippen LogP contribution in [-0.4, -0.2) is 47.4 Å². The highest BCUT2D eigenvalue weighted by molar-refractivity contribution is 5.76. The van der Waals surface area contributed by atoms with Gasteiger partial charge in [0, 0.05) is 12.8 Å². The van der Waals surface area contributed by atoms with Gasteiger partial charge in [0.1, 0.15) is 0 Å². The van der Waals surface area contributed by atoms with Crippen LogP contribution in [0.25, 0.3) is 0 Å². The van der Waals surface area contributed by atoms with Crippen LogP contribution in [0, 0.1) is 0 Å². The number of hydrogen-bond donors (Lipinski definition) is 3. The number of amides is 1. The molecule has 2 unspecified atom stereocenters. The van der Waals surface area contributed by atoms with E-state index >= 15 is 0 Å². The first-order chi connectivity index (χ1) is 30.5. The summed E-state index contributed by atoms with van der Waals surface area (Å²) in [7, 11) is 0. The standard InChI is InChI=1S/C56H101NO5/c1-3-5-7-9-11-13-15-17-19-20-21-22-24-28-32-36-40-44-48-54(59)53(52-58)57-55(60)49-45-41-37-33-29-25-23-27-31-35-39-43-47-51-62-56(61)50-46-42-38-34-30-26-18-16-14-12-10-8-6-4-2/h10,12,16,18,25,29,37,41,44,48,53-54,58-59H,3-9,11,13-15,17,19-24,26-28,30-36,38-40,42-43,45-47,49-52H2,1-2H3,(H,57,60)/b12-10-,18-16-,29-25-,41-37-,48-44+. The molecule has 0 radical (unpaired) electrons. The van der Waals surface area contributed by atoms with Gasteiger partial charge in [0.15, 0.2) is 0 Å². The number of carbonyl (C=O) groups excluding carboxylic acids is 2. The fourth-order valence-electron chi connectivity index (χ4n) is 7.64. The number of esters is 1. The molecule has 0 aliphatic heterocycles. The molecule has 0 rings (SSSR count). The summed E-state index contributed by atoms with van der Waals surface area (Å²) in [6, 6.07) is -0.674. The molecule has 3 N–H and O–H groups in total. The predicted octanol–water partition coefficient (Wildman–Crippen LogP) is 16.0. The zero-order valence-corrected chi connectivity index (χ0v) is 40.8. The number of nitrogens with one attached hydrogen (secondary N) is 1. The molecule has 2 atom stereocenters. The summed E-state index contributed by atoms with van der Waals surface area (Å²) < 4.78 is 5.44. The molecule has 6 nitrogen and oxygen atoms in total. The highest BCUT2D eigenvalue weighted by Crippen LogP contribution is 2.15. The number of carbonyl (C=O) groups is 2. The van der Waals surface area contributed by atoms with E-state index in [0.717, 1.165) is 64.2 Å². The lowest BCUT2D eigenvalue weighted by Gasteiger charge is -2.19. The molecule has 62 heavy (non-hydrogen) atoms. The molecule has 0 aromatic carbocycles. The molecule has 360 valence electrons. The maximum atomic E-state index is 12.4. The van der Waals surface area contributed by atoms with Gasteiger partial charge < -0.3 is 20.3 Å². The van der Waals surface area contributed by atoms with Crippen LogP contribution in [0.2, 0.25) is 0 Å². The van der Waals surface area contributed by atoms with Crippen LogP contribution in [0.1, 0.15) is 258 Å². The second kappa shape index (κ2) is 51.2. The van der Waals surface area contributed by atoms with Crippen molar-refractivity contribution in [3.05, 3.63) is 60.8 Å². The molecule has 1 amide bonds. The Morgan fingerprint density at radius 1 is 0.452 bits per heavy atom. The molecule has 0 fully saturated rings. The van der Waals surface area contributed by atoms with Crippen LogP contribution >= 0.6 is 0 Å². The van der Waals surface area contributed by atoms with E-state index in [4.69, 9.17) is 4.74 Å². The number of unbranched alkanes of at least 4 members (excludes halogenated alkanes) is 29. The van der Waals surface area contributed by atoms with E-state index in [1.807, 2.05) is 12.2 Å². The van der Waals surface area contributed by atoms with Crippen molar-refractivity contribution >= 4 is 11.9 Å². The highest BCUT2D eigenvalue weighted by Gasteiger charge is 2.17. The number of ether oxygens (including phenoxy) is 1. The monoisotopic (exact) mass is 868 g/mol. The lowest BCUT2D eigenvalue weighted by Crippen LogP contribution is -2.45. The second-order valence-electron chi connectivity index (χ2n) is 17.8. The zero-order valence-electron chi connectivity index (χ0n) is 40.8. The van der Waals surface area contributed by atoms with E-state index in [9.17, 15) is 19.8 Å². The molecular weight excluding hydrogens is 767 g/mol. The molecule has 0 aliphatic rings. The Morgan fingerprint density at radius 3 is 1.31 bits per heavy atom. The Bertz CT molecular complexity index is 1090. The molecular formula is C56H101NO5. The fourth-order valence-corrected chi connectivity index (χ4v) is 7.64. The van der Waals surface area contributed by atoms with Gasteiger partial charge in [0.2, 0.25) is 5.91 Å². The predicted molar refractivity (Wildman–Crippen MR) is 268 cm³/mol. The number of hydrogen-bond acceptors (Lipinski definition) is 5. The van der Waals surface area contributed by atoms with Gasteiger partial charge in [0.05, 0.1) is 25.4 Å². The van der Waals surface area contributed by atoms with E-state index < -0.39 is 12.1 Å². The summed E-state index contributed by atoms with van der Waals surface area (Å²) in [5, 5.41) is 23.0. The number of aliphatic hydroxyl groups is 2. The first kappa shape index (κ1) is 59.6. The van der Waals surface area contributed by atoms with Crippen LogP contribution in [-0.2, 0) is 14.3 Å². The molecule has 0 spiro atoms. The minimum Gasteiger partial charge on any atom is -0.466 e. The van der Waals surface area contributed by atoms with Crippen molar-refractivity contribution in [3.63, 3.8) is 0 Å². The highest BCUT2D eigenvalue weighted by atomic mass is 16.5. The van der Waals surface area contributed by atoms with Crippen molar-refractivity contribution in [2.24, 2.45) is 0 Å². The van der Waals surface area contributed by atoms with E-state index in [-0.39, 0.29) is 18.5 Å². The Labute approximate surface area is 384 Å². The molecule has 0 saturated carbocycles. The van der Waals surface area contributed by atoms with Gasteiger partial charge in [-0.3, -0.25) is 9.59 Å². The molecule has 0 heterocycles. The normalized spacial score (nSPS) is 13.2. The van der Waals surface area contributed by atoms with Crippen LogP contribution in [0.5, 0.6) is 0 Å². The smallest absolute Gasteiger partial charge is 0.305 e. The van der Waals surface area contributed by atoms with E-state index in [1.54, 1.807) is 6.08 Å². The third-order valence-corrected chi connectivity index (χ3v) is 11.8. The first-order valence-electron chi connectivity index (χ1n) is 26.6. The molecule has 0 aromatic rings. The van der Waals surface area contributed by atoms with E-state index in [1.165, 1.54) is 161 Å². The van der Waals surface area contributed by atoms with Gasteiger partial charge in [-0.2, -0.15) is 0 Å². The van der Waals surface area contributed by atoms with Crippen LogP contribution in [0.15, 0.2) is 60.8 Å². The van der Waals surface area contributed by atoms with Crippen molar-refractivity contribution in [3.8, 4) is 0 Å². The quantitative estimate of drug-likeness (QED) is 0.0322. The van der Waals surface area contributed by atoms with Gasteiger partial charge in [-0.15, -0.1) is 0 Å². The Morgan fingerprint density at radius 2 is 0.839 bits per heavy atom. The summed E-state index contributed by atoms with van der Waals surface area (Å²) >= 11 is 0. The molecule has 6 heteroatoms. The van der Waals surface area contributed by atoms with Gasteiger partial charge in [0.25, 0.3) is 0 Å². The summed E-state index contributed by atoms with van der Waals surface area (Å²) in [6.45, 7) is 4.78. The van der Waals surface area contributed by atoms with E-state index in [0.29, 0.717) is 25.9 Å². The summed E-state index contributed by atoms with van der Waals surface area (Å²) in [5.74, 6) is -0.184. The minimum atomic E-state index is -0.881. The molecule has 0 saturated heterocycles. The van der Waals surface area contributed by atoms with Crippen molar-refractivity contribution in [1.82, 2.24) is 5.32 Å². The summed E-state index contributed by atoms with van der Waals surface area (Å²) in [6.07, 6.45) is 65.2. The van der Waals surface area contributed by atoms with Gasteiger partial charge in [-0.25, -0.2) is 0 Å². The SMILES string of the molecule is CCCC/C=C\C/C=C\CCCCCCCC(=O)OCCCCCCCC/C=C\C/C=C\CCC(=O)NC(CO)C(O)/C=C/CCCCCCCCCCCCCCCCCC. The maximum Gasteiger partial charge on any atom is 0.305 e. The first-order valence-corrected chi connectivity index (χ1v) is 26.6. The van der Waals surface area contributed by atoms with Gasteiger partial charge in [-0.05, 0) is 77.0 Å². The Hall–Kier alpha value is -2.44. The van der Waals surface area contributed by atoms with Gasteiger partial charge in [-0.1, -0.05) is 229 Å². The Balaban J connectivity index is 3.61. The van der Waals surface area contributed by atoms with Crippen molar-refractivity contribution in [2.75, 3.05) is 13.2 Å². The molecule has 0 aromatic heterocycles. The largest absolute Gasteiger partial charge is 0.466 e. The van der Waals surface area contributed by atoms with Crippen molar-refractivity contribution < 1.29 is 24.5 Å². The topological polar surface area (TPSA) is 95.9 Å². The summed E-state index contributed by atoms with van der Waals surface area (Å²) in [5.41, 5.74) is 0. The minimum absolute atomic E-state index is 0.0340. The molecule has 0 aliphatic carbocycles. The van der Waals surface area contributed by atoms with Crippen LogP contribution in [0.4, 0.5) is 0 Å². The summed E-state index contributed by atoms with van der Waals surface area (Å²) in [4.78, 5) is 24.4.